The van der Waals surface area contributed by atoms with Crippen molar-refractivity contribution in [3.05, 3.63) is 93.4 Å². The Morgan fingerprint density at radius 1 is 0.929 bits per heavy atom. The molecule has 3 aromatic carbocycles. The van der Waals surface area contributed by atoms with E-state index in [1.165, 1.54) is 5.56 Å². The molecule has 0 saturated heterocycles. The van der Waals surface area contributed by atoms with Crippen molar-refractivity contribution >= 4 is 27.5 Å². The van der Waals surface area contributed by atoms with Gasteiger partial charge in [0.1, 0.15) is 11.5 Å². The molecule has 2 nitrogen and oxygen atoms in total. The molecule has 0 amide bonds. The van der Waals surface area contributed by atoms with Crippen molar-refractivity contribution in [1.82, 2.24) is 0 Å². The molecule has 0 bridgehead atoms. The number of halogens is 2. The number of hydrogen-bond acceptors (Lipinski definition) is 2. The average molecular weight is 460 g/mol. The summed E-state index contributed by atoms with van der Waals surface area (Å²) in [5, 5.41) is 0.725. The van der Waals surface area contributed by atoms with Gasteiger partial charge in [0.2, 0.25) is 0 Å². The van der Waals surface area contributed by atoms with E-state index in [9.17, 15) is 0 Å². The van der Waals surface area contributed by atoms with Crippen LogP contribution in [0.3, 0.4) is 0 Å². The molecule has 1 atom stereocenters. The molecule has 0 aliphatic rings. The van der Waals surface area contributed by atoms with Crippen LogP contribution in [0, 0.1) is 0 Å². The fraction of sp³-hybridized carbons (Fsp3) is 0.250. The van der Waals surface area contributed by atoms with E-state index in [0.717, 1.165) is 33.0 Å². The Morgan fingerprint density at radius 2 is 1.68 bits per heavy atom. The Bertz CT molecular complexity index is 913. The van der Waals surface area contributed by atoms with Gasteiger partial charge in [0, 0.05) is 9.89 Å². The van der Waals surface area contributed by atoms with Gasteiger partial charge in [0.25, 0.3) is 0 Å². The Morgan fingerprint density at radius 3 is 2.39 bits per heavy atom. The number of para-hydroxylation sites is 1. The van der Waals surface area contributed by atoms with Crippen molar-refractivity contribution in [1.29, 1.82) is 0 Å². The Hall–Kier alpha value is -1.81. The lowest BCUT2D eigenvalue weighted by Gasteiger charge is -2.29. The van der Waals surface area contributed by atoms with Crippen LogP contribution in [0.4, 0.5) is 0 Å². The maximum atomic E-state index is 6.29. The third-order valence-corrected chi connectivity index (χ3v) is 6.20. The van der Waals surface area contributed by atoms with Gasteiger partial charge in [-0.05, 0) is 69.9 Å². The molecule has 4 heteroatoms. The number of rotatable bonds is 8. The molecule has 0 aliphatic heterocycles. The molecule has 0 saturated carbocycles. The van der Waals surface area contributed by atoms with Gasteiger partial charge >= 0.3 is 0 Å². The molecule has 0 heterocycles. The summed E-state index contributed by atoms with van der Waals surface area (Å²) in [4.78, 5) is 0. The number of ether oxygens (including phenoxy) is 2. The SMILES string of the molecule is CCC(C)(COCc1cccc(Oc2ccccc2)c1)c1ccc(Br)c(Cl)c1. The van der Waals surface area contributed by atoms with Gasteiger partial charge in [0.05, 0.1) is 18.2 Å². The second kappa shape index (κ2) is 9.60. The van der Waals surface area contributed by atoms with Gasteiger partial charge in [-0.3, -0.25) is 0 Å². The van der Waals surface area contributed by atoms with Gasteiger partial charge in [-0.1, -0.05) is 61.8 Å². The highest BCUT2D eigenvalue weighted by atomic mass is 79.9. The van der Waals surface area contributed by atoms with Gasteiger partial charge in [-0.25, -0.2) is 0 Å². The summed E-state index contributed by atoms with van der Waals surface area (Å²) in [7, 11) is 0. The van der Waals surface area contributed by atoms with E-state index in [0.29, 0.717) is 13.2 Å². The van der Waals surface area contributed by atoms with E-state index in [2.05, 4.69) is 41.9 Å². The monoisotopic (exact) mass is 458 g/mol. The largest absolute Gasteiger partial charge is 0.457 e. The average Bonchev–Trinajstić information content (AvgIpc) is 2.71. The molecule has 0 spiro atoms. The quantitative estimate of drug-likeness (QED) is 0.342. The summed E-state index contributed by atoms with van der Waals surface area (Å²) in [5.74, 6) is 1.64. The van der Waals surface area contributed by atoms with E-state index in [4.69, 9.17) is 21.1 Å². The zero-order valence-electron chi connectivity index (χ0n) is 16.1. The highest BCUT2D eigenvalue weighted by molar-refractivity contribution is 9.10. The summed E-state index contributed by atoms with van der Waals surface area (Å²) in [6.45, 7) is 5.53. The number of hydrogen-bond donors (Lipinski definition) is 0. The first-order valence-corrected chi connectivity index (χ1v) is 10.5. The summed E-state index contributed by atoms with van der Waals surface area (Å²) in [6, 6.07) is 23.9. The number of benzene rings is 3. The predicted molar refractivity (Wildman–Crippen MR) is 119 cm³/mol. The van der Waals surface area contributed by atoms with Crippen molar-refractivity contribution in [3.8, 4) is 11.5 Å². The molecule has 1 unspecified atom stereocenters. The van der Waals surface area contributed by atoms with Crippen molar-refractivity contribution in [3.63, 3.8) is 0 Å². The Kier molecular flexibility index (Phi) is 7.17. The van der Waals surface area contributed by atoms with E-state index >= 15 is 0 Å². The summed E-state index contributed by atoms with van der Waals surface area (Å²) in [6.07, 6.45) is 0.960. The van der Waals surface area contributed by atoms with Crippen LogP contribution >= 0.6 is 27.5 Å². The zero-order chi connectivity index (χ0) is 20.0. The molecular weight excluding hydrogens is 436 g/mol. The lowest BCUT2D eigenvalue weighted by atomic mass is 9.81. The lowest BCUT2D eigenvalue weighted by Crippen LogP contribution is -2.27. The molecule has 3 rings (SSSR count). The second-order valence-electron chi connectivity index (χ2n) is 7.10. The van der Waals surface area contributed by atoms with Crippen LogP contribution in [-0.4, -0.2) is 6.61 Å². The maximum Gasteiger partial charge on any atom is 0.127 e. The van der Waals surface area contributed by atoms with Crippen LogP contribution in [0.25, 0.3) is 0 Å². The molecule has 146 valence electrons. The molecule has 0 radical (unpaired) electrons. The van der Waals surface area contributed by atoms with E-state index in [-0.39, 0.29) is 5.41 Å². The fourth-order valence-electron chi connectivity index (χ4n) is 2.98. The highest BCUT2D eigenvalue weighted by Gasteiger charge is 2.25. The Balaban J connectivity index is 1.63. The van der Waals surface area contributed by atoms with Crippen molar-refractivity contribution in [2.75, 3.05) is 6.61 Å². The first kappa shape index (κ1) is 20.9. The lowest BCUT2D eigenvalue weighted by molar-refractivity contribution is 0.0747. The second-order valence-corrected chi connectivity index (χ2v) is 8.36. The first-order chi connectivity index (χ1) is 13.5. The Labute approximate surface area is 180 Å². The summed E-state index contributed by atoms with van der Waals surface area (Å²) >= 11 is 9.75. The standard InChI is InChI=1S/C24H24BrClO2/c1-3-24(2,19-12-13-22(25)23(26)15-19)17-27-16-18-8-7-11-21(14-18)28-20-9-5-4-6-10-20/h4-15H,3,16-17H2,1-2H3. The molecule has 3 aromatic rings. The smallest absolute Gasteiger partial charge is 0.127 e. The molecule has 28 heavy (non-hydrogen) atoms. The van der Waals surface area contributed by atoms with Gasteiger partial charge in [-0.15, -0.1) is 0 Å². The molecule has 0 fully saturated rings. The topological polar surface area (TPSA) is 18.5 Å². The van der Waals surface area contributed by atoms with Gasteiger partial charge in [-0.2, -0.15) is 0 Å². The van der Waals surface area contributed by atoms with Crippen LogP contribution in [0.15, 0.2) is 77.3 Å². The van der Waals surface area contributed by atoms with Crippen LogP contribution in [0.2, 0.25) is 5.02 Å². The van der Waals surface area contributed by atoms with Crippen molar-refractivity contribution in [2.24, 2.45) is 0 Å². The first-order valence-electron chi connectivity index (χ1n) is 9.35. The minimum Gasteiger partial charge on any atom is -0.457 e. The minimum atomic E-state index is -0.0948. The maximum absolute atomic E-state index is 6.29. The molecule has 0 aliphatic carbocycles. The van der Waals surface area contributed by atoms with Crippen molar-refractivity contribution in [2.45, 2.75) is 32.3 Å². The fourth-order valence-corrected chi connectivity index (χ4v) is 3.41. The predicted octanol–water partition coefficient (Wildman–Crippen LogP) is 7.78. The van der Waals surface area contributed by atoms with Crippen LogP contribution in [0.1, 0.15) is 31.4 Å². The minimum absolute atomic E-state index is 0.0948. The van der Waals surface area contributed by atoms with Gasteiger partial charge < -0.3 is 9.47 Å². The van der Waals surface area contributed by atoms with E-state index in [1.54, 1.807) is 0 Å². The molecule has 0 N–H and O–H groups in total. The zero-order valence-corrected chi connectivity index (χ0v) is 18.5. The van der Waals surface area contributed by atoms with Gasteiger partial charge in [0.15, 0.2) is 0 Å². The molecule has 0 aromatic heterocycles. The highest BCUT2D eigenvalue weighted by Crippen LogP contribution is 2.33. The molecular formula is C24H24BrClO2. The van der Waals surface area contributed by atoms with Crippen molar-refractivity contribution < 1.29 is 9.47 Å². The van der Waals surface area contributed by atoms with E-state index in [1.807, 2.05) is 60.7 Å². The third kappa shape index (κ3) is 5.38. The van der Waals surface area contributed by atoms with Crippen LogP contribution in [0.5, 0.6) is 11.5 Å². The normalized spacial score (nSPS) is 13.1. The van der Waals surface area contributed by atoms with E-state index < -0.39 is 0 Å². The van der Waals surface area contributed by atoms with Crippen LogP contribution < -0.4 is 4.74 Å². The third-order valence-electron chi connectivity index (χ3n) is 4.96. The summed E-state index contributed by atoms with van der Waals surface area (Å²) < 4.78 is 12.9. The van der Waals surface area contributed by atoms with Crippen LogP contribution in [-0.2, 0) is 16.8 Å². The summed E-state index contributed by atoms with van der Waals surface area (Å²) in [5.41, 5.74) is 2.17.